The number of hydrogen-bond acceptors (Lipinski definition) is 5. The number of unbranched alkanes of at least 4 members (excludes halogenated alkanes) is 1. The number of nitrogens with zero attached hydrogens (tertiary/aromatic N) is 3. The number of H-pyrrole nitrogens is 1. The Hall–Kier alpha value is -2.25. The van der Waals surface area contributed by atoms with Crippen molar-refractivity contribution in [1.29, 1.82) is 0 Å². The molecule has 0 radical (unpaired) electrons. The maximum atomic E-state index is 13.2. The second-order valence-electron chi connectivity index (χ2n) is 9.36. The second kappa shape index (κ2) is 11.8. The summed E-state index contributed by atoms with van der Waals surface area (Å²) in [5.41, 5.74) is 5.45. The van der Waals surface area contributed by atoms with Crippen LogP contribution in [0.1, 0.15) is 61.3 Å². The average molecular weight is 424 g/mol. The zero-order chi connectivity index (χ0) is 23.0. The monoisotopic (exact) mass is 423 g/mol. The minimum atomic E-state index is -0.544. The number of anilines is 2. The molecule has 0 aliphatic heterocycles. The summed E-state index contributed by atoms with van der Waals surface area (Å²) < 4.78 is 1.40. The number of hydrogen-bond donors (Lipinski definition) is 2. The van der Waals surface area contributed by atoms with E-state index in [1.165, 1.54) is 4.57 Å². The van der Waals surface area contributed by atoms with Crippen LogP contribution >= 0.6 is 0 Å². The standard InChI is InChI=1S/C22H41N5O3/c1-8-9-10-27-20(23)19(21(29)24-22(27)30)26(13-17(6)7)14-18(28)25(11-15(2)3)12-16(4)5/h15-17H,8-14,23H2,1-7H3,(H,24,29,30). The minimum absolute atomic E-state index is 0.0387. The molecule has 0 fully saturated rings. The van der Waals surface area contributed by atoms with Gasteiger partial charge in [0.05, 0.1) is 6.54 Å². The van der Waals surface area contributed by atoms with Crippen molar-refractivity contribution in [2.45, 2.75) is 67.9 Å². The van der Waals surface area contributed by atoms with Gasteiger partial charge in [0.1, 0.15) is 11.5 Å². The van der Waals surface area contributed by atoms with Gasteiger partial charge in [-0.25, -0.2) is 4.79 Å². The summed E-state index contributed by atoms with van der Waals surface area (Å²) >= 11 is 0. The van der Waals surface area contributed by atoms with E-state index in [0.29, 0.717) is 38.0 Å². The van der Waals surface area contributed by atoms with E-state index in [1.54, 1.807) is 4.90 Å². The number of nitrogen functional groups attached to an aromatic ring is 1. The molecule has 0 saturated carbocycles. The molecule has 1 heterocycles. The van der Waals surface area contributed by atoms with E-state index in [4.69, 9.17) is 5.73 Å². The molecular formula is C22H41N5O3. The quantitative estimate of drug-likeness (QED) is 0.537. The van der Waals surface area contributed by atoms with Gasteiger partial charge in [0.15, 0.2) is 0 Å². The first-order valence-electron chi connectivity index (χ1n) is 11.1. The smallest absolute Gasteiger partial charge is 0.330 e. The first kappa shape index (κ1) is 25.8. The largest absolute Gasteiger partial charge is 0.383 e. The van der Waals surface area contributed by atoms with Gasteiger partial charge in [-0.1, -0.05) is 54.9 Å². The highest BCUT2D eigenvalue weighted by Gasteiger charge is 2.25. The number of nitrogens with one attached hydrogen (secondary N) is 1. The SMILES string of the molecule is CCCCn1c(N)c(N(CC(=O)N(CC(C)C)CC(C)C)CC(C)C)c(=O)[nH]c1=O. The molecule has 0 aromatic carbocycles. The third-order valence-electron chi connectivity index (χ3n) is 4.70. The van der Waals surface area contributed by atoms with Crippen molar-refractivity contribution in [3.05, 3.63) is 20.8 Å². The number of nitrogens with two attached hydrogens (primary N) is 1. The maximum absolute atomic E-state index is 13.2. The minimum Gasteiger partial charge on any atom is -0.383 e. The molecule has 0 saturated heterocycles. The molecule has 0 spiro atoms. The number of rotatable bonds is 12. The van der Waals surface area contributed by atoms with Crippen molar-refractivity contribution >= 4 is 17.4 Å². The molecule has 1 amide bonds. The van der Waals surface area contributed by atoms with Crippen LogP contribution in [0.3, 0.4) is 0 Å². The van der Waals surface area contributed by atoms with Crippen molar-refractivity contribution in [1.82, 2.24) is 14.5 Å². The van der Waals surface area contributed by atoms with Crippen LogP contribution in [0.2, 0.25) is 0 Å². The predicted octanol–water partition coefficient (Wildman–Crippen LogP) is 2.52. The van der Waals surface area contributed by atoms with E-state index >= 15 is 0 Å². The van der Waals surface area contributed by atoms with E-state index < -0.39 is 11.2 Å². The average Bonchev–Trinajstić information content (AvgIpc) is 2.59. The molecule has 8 nitrogen and oxygen atoms in total. The Bertz CT molecular complexity index is 785. The Kier molecular flexibility index (Phi) is 10.2. The van der Waals surface area contributed by atoms with Gasteiger partial charge in [-0.3, -0.25) is 19.1 Å². The van der Waals surface area contributed by atoms with Crippen molar-refractivity contribution in [3.63, 3.8) is 0 Å². The fourth-order valence-corrected chi connectivity index (χ4v) is 3.52. The summed E-state index contributed by atoms with van der Waals surface area (Å²) in [6, 6.07) is 0. The van der Waals surface area contributed by atoms with Gasteiger partial charge in [-0.05, 0) is 24.2 Å². The van der Waals surface area contributed by atoms with Crippen molar-refractivity contribution < 1.29 is 4.79 Å². The molecule has 0 aliphatic carbocycles. The predicted molar refractivity (Wildman–Crippen MR) is 124 cm³/mol. The summed E-state index contributed by atoms with van der Waals surface area (Å²) in [7, 11) is 0. The number of aromatic nitrogens is 2. The molecule has 0 atom stereocenters. The number of carbonyl (C=O) groups excluding carboxylic acids is 1. The van der Waals surface area contributed by atoms with Gasteiger partial charge in [0.2, 0.25) is 5.91 Å². The van der Waals surface area contributed by atoms with Crippen LogP contribution in [0.25, 0.3) is 0 Å². The van der Waals surface area contributed by atoms with E-state index in [-0.39, 0.29) is 29.9 Å². The third-order valence-corrected chi connectivity index (χ3v) is 4.70. The fraction of sp³-hybridized carbons (Fsp3) is 0.773. The molecule has 3 N–H and O–H groups in total. The number of carbonyl (C=O) groups is 1. The fourth-order valence-electron chi connectivity index (χ4n) is 3.52. The van der Waals surface area contributed by atoms with Gasteiger partial charge >= 0.3 is 5.69 Å². The van der Waals surface area contributed by atoms with E-state index in [1.807, 2.05) is 25.7 Å². The highest BCUT2D eigenvalue weighted by atomic mass is 16.2. The van der Waals surface area contributed by atoms with Crippen LogP contribution in [-0.4, -0.2) is 46.5 Å². The zero-order valence-electron chi connectivity index (χ0n) is 19.8. The zero-order valence-corrected chi connectivity index (χ0v) is 19.8. The van der Waals surface area contributed by atoms with Crippen molar-refractivity contribution in [2.24, 2.45) is 17.8 Å². The van der Waals surface area contributed by atoms with Gasteiger partial charge in [-0.15, -0.1) is 0 Å². The van der Waals surface area contributed by atoms with Crippen LogP contribution in [-0.2, 0) is 11.3 Å². The molecule has 0 unspecified atom stereocenters. The molecule has 1 aromatic heterocycles. The highest BCUT2D eigenvalue weighted by Crippen LogP contribution is 2.19. The lowest BCUT2D eigenvalue weighted by Gasteiger charge is -2.32. The van der Waals surface area contributed by atoms with Crippen LogP contribution in [0.4, 0.5) is 11.5 Å². The van der Waals surface area contributed by atoms with Gasteiger partial charge in [-0.2, -0.15) is 0 Å². The van der Waals surface area contributed by atoms with Crippen LogP contribution in [0.5, 0.6) is 0 Å². The summed E-state index contributed by atoms with van der Waals surface area (Å²) in [6.07, 6.45) is 1.67. The lowest BCUT2D eigenvalue weighted by molar-refractivity contribution is -0.130. The first-order valence-corrected chi connectivity index (χ1v) is 11.1. The number of amides is 1. The number of aromatic amines is 1. The molecular weight excluding hydrogens is 382 g/mol. The Balaban J connectivity index is 3.34. The summed E-state index contributed by atoms with van der Waals surface area (Å²) in [4.78, 5) is 44.1. The van der Waals surface area contributed by atoms with E-state index in [0.717, 1.165) is 12.8 Å². The maximum Gasteiger partial charge on any atom is 0.330 e. The van der Waals surface area contributed by atoms with E-state index in [2.05, 4.69) is 32.7 Å². The first-order chi connectivity index (χ1) is 14.0. The summed E-state index contributed by atoms with van der Waals surface area (Å²) in [5, 5.41) is 0. The Morgan fingerprint density at radius 3 is 2.00 bits per heavy atom. The molecule has 8 heteroatoms. The lowest BCUT2D eigenvalue weighted by atomic mass is 10.1. The van der Waals surface area contributed by atoms with Gasteiger partial charge in [0.25, 0.3) is 5.56 Å². The third kappa shape index (κ3) is 7.54. The molecule has 0 aliphatic rings. The molecule has 0 bridgehead atoms. The van der Waals surface area contributed by atoms with Crippen molar-refractivity contribution in [3.8, 4) is 0 Å². The Morgan fingerprint density at radius 2 is 1.53 bits per heavy atom. The van der Waals surface area contributed by atoms with Gasteiger partial charge < -0.3 is 15.5 Å². The second-order valence-corrected chi connectivity index (χ2v) is 9.36. The van der Waals surface area contributed by atoms with Crippen LogP contribution in [0, 0.1) is 17.8 Å². The Labute approximate surface area is 180 Å². The molecule has 1 rings (SSSR count). The molecule has 172 valence electrons. The van der Waals surface area contributed by atoms with Crippen LogP contribution < -0.4 is 21.9 Å². The molecule has 30 heavy (non-hydrogen) atoms. The topological polar surface area (TPSA) is 104 Å². The highest BCUT2D eigenvalue weighted by molar-refractivity contribution is 5.82. The summed E-state index contributed by atoms with van der Waals surface area (Å²) in [5.74, 6) is 0.982. The normalized spacial score (nSPS) is 11.5. The van der Waals surface area contributed by atoms with Crippen molar-refractivity contribution in [2.75, 3.05) is 36.8 Å². The van der Waals surface area contributed by atoms with E-state index in [9.17, 15) is 14.4 Å². The summed E-state index contributed by atoms with van der Waals surface area (Å²) in [6.45, 7) is 16.7. The van der Waals surface area contributed by atoms with Gasteiger partial charge in [0, 0.05) is 26.2 Å². The lowest BCUT2D eigenvalue weighted by Crippen LogP contribution is -2.47. The Morgan fingerprint density at radius 1 is 1.00 bits per heavy atom. The molecule has 1 aromatic rings. The van der Waals surface area contributed by atoms with Crippen LogP contribution in [0.15, 0.2) is 9.59 Å².